The highest BCUT2D eigenvalue weighted by Gasteiger charge is 2.35. The van der Waals surface area contributed by atoms with E-state index in [9.17, 15) is 23.2 Å². The summed E-state index contributed by atoms with van der Waals surface area (Å²) in [6.07, 6.45) is 1.40. The summed E-state index contributed by atoms with van der Waals surface area (Å²) in [5, 5.41) is 9.45. The van der Waals surface area contributed by atoms with Gasteiger partial charge in [-0.15, -0.1) is 0 Å². The Morgan fingerprint density at radius 2 is 2.05 bits per heavy atom. The minimum atomic E-state index is -4.36. The second-order valence-corrected chi connectivity index (χ2v) is 11.0. The van der Waals surface area contributed by atoms with Crippen molar-refractivity contribution in [3.63, 3.8) is 0 Å². The van der Waals surface area contributed by atoms with Crippen LogP contribution in [0.15, 0.2) is 31.1 Å². The molecule has 10 nitrogen and oxygen atoms in total. The Morgan fingerprint density at radius 1 is 1.21 bits per heavy atom. The van der Waals surface area contributed by atoms with Crippen LogP contribution in [0.3, 0.4) is 0 Å². The van der Waals surface area contributed by atoms with Gasteiger partial charge in [-0.3, -0.25) is 9.78 Å². The number of rotatable bonds is 8. The fraction of sp³-hybridized carbons (Fsp3) is 0.552. The molecule has 0 radical (unpaired) electrons. The third-order valence-corrected chi connectivity index (χ3v) is 8.28. The number of amides is 1. The average Bonchev–Trinajstić information content (AvgIpc) is 3.39. The van der Waals surface area contributed by atoms with Gasteiger partial charge in [-0.25, -0.2) is 0 Å². The second-order valence-electron chi connectivity index (χ2n) is 11.0. The van der Waals surface area contributed by atoms with Crippen molar-refractivity contribution in [3.05, 3.63) is 47.9 Å². The van der Waals surface area contributed by atoms with E-state index in [1.807, 2.05) is 4.90 Å². The number of hydrogen-bond acceptors (Lipinski definition) is 9. The van der Waals surface area contributed by atoms with E-state index in [-0.39, 0.29) is 42.5 Å². The van der Waals surface area contributed by atoms with Crippen molar-refractivity contribution in [2.45, 2.75) is 56.9 Å². The number of halogens is 3. The fourth-order valence-electron chi connectivity index (χ4n) is 6.10. The van der Waals surface area contributed by atoms with Gasteiger partial charge >= 0.3 is 12.2 Å². The van der Waals surface area contributed by atoms with E-state index in [0.717, 1.165) is 24.9 Å². The van der Waals surface area contributed by atoms with E-state index in [4.69, 9.17) is 14.7 Å². The third-order valence-electron chi connectivity index (χ3n) is 8.28. The first-order valence-electron chi connectivity index (χ1n) is 14.2. The maximum absolute atomic E-state index is 13.3. The summed E-state index contributed by atoms with van der Waals surface area (Å²) in [7, 11) is 2.06. The van der Waals surface area contributed by atoms with Gasteiger partial charge in [0.25, 0.3) is 0 Å². The summed E-state index contributed by atoms with van der Waals surface area (Å²) >= 11 is 0. The smallest absolute Gasteiger partial charge is 0.393 e. The van der Waals surface area contributed by atoms with Crippen LogP contribution in [0.1, 0.15) is 36.1 Å². The lowest BCUT2D eigenvalue weighted by molar-refractivity contribution is -0.129. The Morgan fingerprint density at radius 3 is 2.76 bits per heavy atom. The summed E-state index contributed by atoms with van der Waals surface area (Å²) < 4.78 is 46.1. The molecule has 1 unspecified atom stereocenters. The van der Waals surface area contributed by atoms with Gasteiger partial charge in [-0.2, -0.15) is 28.4 Å². The fourth-order valence-corrected chi connectivity index (χ4v) is 6.10. The van der Waals surface area contributed by atoms with Gasteiger partial charge in [0.2, 0.25) is 5.91 Å². The Bertz CT molecular complexity index is 1350. The number of piperazine rings is 1. The topological polar surface area (TPSA) is 102 Å². The molecular formula is C29H35F3N8O2. The Labute approximate surface area is 243 Å². The van der Waals surface area contributed by atoms with Crippen molar-refractivity contribution in [3.8, 4) is 12.1 Å². The summed E-state index contributed by atoms with van der Waals surface area (Å²) in [6.45, 7) is 7.10. The van der Waals surface area contributed by atoms with Gasteiger partial charge in [-0.05, 0) is 45.0 Å². The molecule has 224 valence electrons. The zero-order chi connectivity index (χ0) is 29.9. The van der Waals surface area contributed by atoms with Crippen LogP contribution in [0.5, 0.6) is 6.01 Å². The molecule has 0 spiro atoms. The van der Waals surface area contributed by atoms with E-state index >= 15 is 0 Å². The van der Waals surface area contributed by atoms with Crippen molar-refractivity contribution < 1.29 is 22.7 Å². The van der Waals surface area contributed by atoms with Gasteiger partial charge in [0, 0.05) is 61.4 Å². The van der Waals surface area contributed by atoms with Crippen molar-refractivity contribution in [2.75, 3.05) is 56.2 Å². The molecule has 3 aliphatic heterocycles. The van der Waals surface area contributed by atoms with Crippen LogP contribution in [-0.2, 0) is 24.2 Å². The number of likely N-dealkylation sites (tertiary alicyclic amines) is 1. The molecule has 0 bridgehead atoms. The van der Waals surface area contributed by atoms with Crippen molar-refractivity contribution in [1.82, 2.24) is 24.8 Å². The number of fused-ring (bicyclic) bond motifs is 1. The number of aromatic nitrogens is 3. The van der Waals surface area contributed by atoms with Gasteiger partial charge in [0.15, 0.2) is 0 Å². The number of nitriles is 1. The number of nitrogens with zero attached hydrogens (tertiary/aromatic N) is 8. The average molecular weight is 585 g/mol. The first-order valence-corrected chi connectivity index (χ1v) is 14.2. The van der Waals surface area contributed by atoms with E-state index in [2.05, 4.69) is 34.5 Å². The van der Waals surface area contributed by atoms with Crippen LogP contribution in [0.25, 0.3) is 0 Å². The lowest BCUT2D eigenvalue weighted by Gasteiger charge is -2.42. The molecule has 0 saturated carbocycles. The minimum Gasteiger partial charge on any atom is -0.462 e. The normalized spacial score (nSPS) is 21.2. The maximum atomic E-state index is 13.3. The molecular weight excluding hydrogens is 549 g/mol. The zero-order valence-electron chi connectivity index (χ0n) is 23.7. The van der Waals surface area contributed by atoms with Crippen molar-refractivity contribution >= 4 is 17.4 Å². The van der Waals surface area contributed by atoms with Crippen molar-refractivity contribution in [2.24, 2.45) is 0 Å². The van der Waals surface area contributed by atoms with Gasteiger partial charge in [0.05, 0.1) is 37.2 Å². The molecule has 13 heteroatoms. The lowest BCUT2D eigenvalue weighted by Crippen LogP contribution is -2.55. The first-order chi connectivity index (χ1) is 20.2. The largest absolute Gasteiger partial charge is 0.462 e. The molecule has 2 aromatic heterocycles. The van der Waals surface area contributed by atoms with E-state index in [1.165, 1.54) is 18.5 Å². The zero-order valence-corrected chi connectivity index (χ0v) is 23.7. The molecule has 2 aromatic rings. The third kappa shape index (κ3) is 6.59. The molecule has 1 amide bonds. The van der Waals surface area contributed by atoms with Gasteiger partial charge in [0.1, 0.15) is 12.4 Å². The number of hydrogen-bond donors (Lipinski definition) is 0. The quantitative estimate of drug-likeness (QED) is 0.433. The highest BCUT2D eigenvalue weighted by atomic mass is 19.4. The molecule has 0 N–H and O–H groups in total. The molecule has 5 heterocycles. The van der Waals surface area contributed by atoms with Gasteiger partial charge < -0.3 is 24.3 Å². The number of anilines is 2. The van der Waals surface area contributed by atoms with E-state index in [1.54, 1.807) is 11.0 Å². The molecule has 3 aliphatic rings. The van der Waals surface area contributed by atoms with Crippen LogP contribution in [0.4, 0.5) is 24.7 Å². The monoisotopic (exact) mass is 584 g/mol. The summed E-state index contributed by atoms with van der Waals surface area (Å²) in [5.74, 6) is 0.472. The van der Waals surface area contributed by atoms with Crippen molar-refractivity contribution in [1.29, 1.82) is 5.26 Å². The molecule has 0 aliphatic carbocycles. The molecule has 2 fully saturated rings. The SMILES string of the molecule is C=CC(=O)N1CCN(c2nc(OC[C@@H]3CCCN3C)nc3c2CCN(c2ccncc2CC(F)(F)F)C3)CC1CC#N. The second kappa shape index (κ2) is 12.5. The highest BCUT2D eigenvalue weighted by molar-refractivity contribution is 5.87. The molecule has 2 saturated heterocycles. The maximum Gasteiger partial charge on any atom is 0.393 e. The molecule has 2 atom stereocenters. The summed E-state index contributed by atoms with van der Waals surface area (Å²) in [4.78, 5) is 33.9. The standard InChI is InChI=1S/C29H35F3N8O2/c1-3-26(41)40-14-13-39(17-21(40)6-9-33)27-23-8-12-38(25-7-10-34-16-20(25)15-29(30,31)32)18-24(23)35-28(36-27)42-19-22-5-4-11-37(22)2/h3,7,10,16,21-22H,1,4-6,8,11-15,17-19H2,2H3/t21?,22-/m0/s1. The van der Waals surface area contributed by atoms with Crippen LogP contribution in [-0.4, -0.2) is 95.3 Å². The summed E-state index contributed by atoms with van der Waals surface area (Å²) in [5.41, 5.74) is 2.19. The van der Waals surface area contributed by atoms with Crippen LogP contribution < -0.4 is 14.5 Å². The number of carbonyl (C=O) groups excluding carboxylic acids is 1. The Balaban J connectivity index is 1.46. The number of carbonyl (C=O) groups is 1. The Kier molecular flexibility index (Phi) is 8.82. The number of ether oxygens (including phenoxy) is 1. The predicted octanol–water partition coefficient (Wildman–Crippen LogP) is 3.13. The first kappa shape index (κ1) is 29.6. The predicted molar refractivity (Wildman–Crippen MR) is 150 cm³/mol. The molecule has 0 aromatic carbocycles. The molecule has 5 rings (SSSR count). The van der Waals surface area contributed by atoms with Gasteiger partial charge in [-0.1, -0.05) is 6.58 Å². The van der Waals surface area contributed by atoms with Crippen LogP contribution in [0, 0.1) is 11.3 Å². The molecule has 42 heavy (non-hydrogen) atoms. The van der Waals surface area contributed by atoms with E-state index < -0.39 is 12.6 Å². The minimum absolute atomic E-state index is 0.117. The van der Waals surface area contributed by atoms with Crippen LogP contribution >= 0.6 is 0 Å². The summed E-state index contributed by atoms with van der Waals surface area (Å²) in [6, 6.07) is 3.93. The number of pyridine rings is 1. The Hall–Kier alpha value is -3.92. The van der Waals surface area contributed by atoms with Crippen LogP contribution in [0.2, 0.25) is 0 Å². The number of alkyl halides is 3. The highest BCUT2D eigenvalue weighted by Crippen LogP contribution is 2.35. The van der Waals surface area contributed by atoms with E-state index in [0.29, 0.717) is 56.4 Å². The lowest BCUT2D eigenvalue weighted by atomic mass is 10.0. The number of likely N-dealkylation sites (N-methyl/N-ethyl adjacent to an activating group) is 1.